The van der Waals surface area contributed by atoms with Crippen molar-refractivity contribution in [3.05, 3.63) is 35.1 Å². The fourth-order valence-electron chi connectivity index (χ4n) is 2.38. The SMILES string of the molecule is Fc1cccc2c1[C@@H](C1CCN1)OCC2. The molecule has 2 heterocycles. The van der Waals surface area contributed by atoms with Crippen LogP contribution in [0.1, 0.15) is 23.7 Å². The zero-order valence-corrected chi connectivity index (χ0v) is 8.50. The van der Waals surface area contributed by atoms with E-state index >= 15 is 0 Å². The monoisotopic (exact) mass is 207 g/mol. The third kappa shape index (κ3) is 1.46. The molecule has 3 rings (SSSR count). The summed E-state index contributed by atoms with van der Waals surface area (Å²) < 4.78 is 19.4. The molecule has 1 aromatic carbocycles. The highest BCUT2D eigenvalue weighted by molar-refractivity contribution is 5.33. The zero-order valence-electron chi connectivity index (χ0n) is 8.50. The van der Waals surface area contributed by atoms with Gasteiger partial charge in [0.2, 0.25) is 0 Å². The lowest BCUT2D eigenvalue weighted by molar-refractivity contribution is -0.00395. The van der Waals surface area contributed by atoms with Gasteiger partial charge in [-0.15, -0.1) is 0 Å². The number of ether oxygens (including phenoxy) is 1. The average molecular weight is 207 g/mol. The van der Waals surface area contributed by atoms with Gasteiger partial charge < -0.3 is 10.1 Å². The van der Waals surface area contributed by atoms with E-state index < -0.39 is 0 Å². The van der Waals surface area contributed by atoms with E-state index in [0.29, 0.717) is 12.6 Å². The van der Waals surface area contributed by atoms with Crippen LogP contribution >= 0.6 is 0 Å². The van der Waals surface area contributed by atoms with Crippen molar-refractivity contribution < 1.29 is 9.13 Å². The summed E-state index contributed by atoms with van der Waals surface area (Å²) in [4.78, 5) is 0. The van der Waals surface area contributed by atoms with E-state index in [4.69, 9.17) is 4.74 Å². The van der Waals surface area contributed by atoms with Crippen molar-refractivity contribution in [3.63, 3.8) is 0 Å². The predicted molar refractivity (Wildman–Crippen MR) is 55.2 cm³/mol. The largest absolute Gasteiger partial charge is 0.371 e. The molecule has 1 fully saturated rings. The Labute approximate surface area is 88.4 Å². The molecule has 15 heavy (non-hydrogen) atoms. The standard InChI is InChI=1S/C12H14FNO/c13-9-3-1-2-8-5-7-15-12(11(8)9)10-4-6-14-10/h1-3,10,12,14H,4-7H2/t10?,12-/m1/s1. The van der Waals surface area contributed by atoms with Crippen LogP contribution in [0, 0.1) is 5.82 Å². The number of halogens is 1. The van der Waals surface area contributed by atoms with E-state index in [-0.39, 0.29) is 11.9 Å². The van der Waals surface area contributed by atoms with Gasteiger partial charge in [0.25, 0.3) is 0 Å². The molecule has 1 aromatic rings. The van der Waals surface area contributed by atoms with E-state index in [1.54, 1.807) is 6.07 Å². The number of benzene rings is 1. The van der Waals surface area contributed by atoms with Crippen LogP contribution < -0.4 is 5.32 Å². The first-order chi connectivity index (χ1) is 7.36. The molecule has 1 N–H and O–H groups in total. The summed E-state index contributed by atoms with van der Waals surface area (Å²) in [6, 6.07) is 5.62. The summed E-state index contributed by atoms with van der Waals surface area (Å²) in [7, 11) is 0. The Kier molecular flexibility index (Phi) is 2.22. The zero-order chi connectivity index (χ0) is 10.3. The van der Waals surface area contributed by atoms with Gasteiger partial charge in [-0.25, -0.2) is 4.39 Å². The van der Waals surface area contributed by atoms with Crippen LogP contribution in [0.25, 0.3) is 0 Å². The molecule has 0 aliphatic carbocycles. The highest BCUT2D eigenvalue weighted by atomic mass is 19.1. The molecule has 0 amide bonds. The smallest absolute Gasteiger partial charge is 0.129 e. The fourth-order valence-corrected chi connectivity index (χ4v) is 2.38. The van der Waals surface area contributed by atoms with Gasteiger partial charge in [-0.2, -0.15) is 0 Å². The van der Waals surface area contributed by atoms with Crippen LogP contribution in [0.15, 0.2) is 18.2 Å². The molecular weight excluding hydrogens is 193 g/mol. The average Bonchev–Trinajstić information content (AvgIpc) is 2.15. The first-order valence-corrected chi connectivity index (χ1v) is 5.48. The van der Waals surface area contributed by atoms with Crippen LogP contribution in [-0.4, -0.2) is 19.2 Å². The summed E-state index contributed by atoms with van der Waals surface area (Å²) >= 11 is 0. The number of rotatable bonds is 1. The molecule has 1 unspecified atom stereocenters. The third-order valence-electron chi connectivity index (χ3n) is 3.32. The first kappa shape index (κ1) is 9.31. The van der Waals surface area contributed by atoms with Crippen LogP contribution in [0.5, 0.6) is 0 Å². The Morgan fingerprint density at radius 3 is 3.00 bits per heavy atom. The highest BCUT2D eigenvalue weighted by Crippen LogP contribution is 2.34. The van der Waals surface area contributed by atoms with Crippen LogP contribution in [-0.2, 0) is 11.2 Å². The molecule has 0 saturated carbocycles. The third-order valence-corrected chi connectivity index (χ3v) is 3.32. The molecule has 2 aliphatic rings. The van der Waals surface area contributed by atoms with Gasteiger partial charge in [0, 0.05) is 11.6 Å². The topological polar surface area (TPSA) is 21.3 Å². The Bertz CT molecular complexity index is 376. The van der Waals surface area contributed by atoms with Crippen molar-refractivity contribution in [1.29, 1.82) is 0 Å². The summed E-state index contributed by atoms with van der Waals surface area (Å²) in [6.45, 7) is 1.73. The van der Waals surface area contributed by atoms with Crippen molar-refractivity contribution in [1.82, 2.24) is 5.32 Å². The lowest BCUT2D eigenvalue weighted by Crippen LogP contribution is -2.49. The van der Waals surface area contributed by atoms with Gasteiger partial charge in [0.1, 0.15) is 11.9 Å². The number of fused-ring (bicyclic) bond motifs is 1. The Morgan fingerprint density at radius 1 is 1.40 bits per heavy atom. The maximum atomic E-state index is 13.7. The molecule has 1 saturated heterocycles. The molecule has 2 aliphatic heterocycles. The predicted octanol–water partition coefficient (Wildman–Crippen LogP) is 1.80. The summed E-state index contributed by atoms with van der Waals surface area (Å²) in [5.74, 6) is -0.120. The minimum Gasteiger partial charge on any atom is -0.371 e. The molecule has 3 heteroatoms. The van der Waals surface area contributed by atoms with E-state index in [1.807, 2.05) is 6.07 Å². The molecule has 80 valence electrons. The van der Waals surface area contributed by atoms with E-state index in [9.17, 15) is 4.39 Å². The maximum Gasteiger partial charge on any atom is 0.129 e. The Morgan fingerprint density at radius 2 is 2.27 bits per heavy atom. The normalized spacial score (nSPS) is 29.4. The Balaban J connectivity index is 2.00. The van der Waals surface area contributed by atoms with Gasteiger partial charge in [-0.05, 0) is 31.0 Å². The Hall–Kier alpha value is -0.930. The van der Waals surface area contributed by atoms with Gasteiger partial charge in [0.15, 0.2) is 0 Å². The van der Waals surface area contributed by atoms with Crippen LogP contribution in [0.4, 0.5) is 4.39 Å². The van der Waals surface area contributed by atoms with Crippen LogP contribution in [0.3, 0.4) is 0 Å². The second-order valence-corrected chi connectivity index (χ2v) is 4.20. The van der Waals surface area contributed by atoms with E-state index in [2.05, 4.69) is 5.32 Å². The second kappa shape index (κ2) is 3.58. The molecule has 2 nitrogen and oxygen atoms in total. The second-order valence-electron chi connectivity index (χ2n) is 4.20. The molecular formula is C12H14FNO. The molecule has 0 bridgehead atoms. The van der Waals surface area contributed by atoms with Crippen molar-refractivity contribution >= 4 is 0 Å². The van der Waals surface area contributed by atoms with Crippen molar-refractivity contribution in [3.8, 4) is 0 Å². The fraction of sp³-hybridized carbons (Fsp3) is 0.500. The van der Waals surface area contributed by atoms with Gasteiger partial charge >= 0.3 is 0 Å². The van der Waals surface area contributed by atoms with E-state index in [1.165, 1.54) is 6.07 Å². The molecule has 2 atom stereocenters. The molecule has 0 radical (unpaired) electrons. The van der Waals surface area contributed by atoms with Crippen LogP contribution in [0.2, 0.25) is 0 Å². The maximum absolute atomic E-state index is 13.7. The first-order valence-electron chi connectivity index (χ1n) is 5.48. The number of nitrogens with one attached hydrogen (secondary N) is 1. The summed E-state index contributed by atoms with van der Waals surface area (Å²) in [6.07, 6.45) is 1.83. The lowest BCUT2D eigenvalue weighted by atomic mass is 9.88. The summed E-state index contributed by atoms with van der Waals surface area (Å²) in [5.41, 5.74) is 1.89. The van der Waals surface area contributed by atoms with Gasteiger partial charge in [-0.3, -0.25) is 0 Å². The van der Waals surface area contributed by atoms with Gasteiger partial charge in [0.05, 0.1) is 6.61 Å². The summed E-state index contributed by atoms with van der Waals surface area (Å²) in [5, 5.41) is 3.29. The molecule has 0 spiro atoms. The minimum atomic E-state index is -0.120. The van der Waals surface area contributed by atoms with Gasteiger partial charge in [-0.1, -0.05) is 12.1 Å². The number of hydrogen-bond donors (Lipinski definition) is 1. The quantitative estimate of drug-likeness (QED) is 0.758. The van der Waals surface area contributed by atoms with Crippen molar-refractivity contribution in [2.45, 2.75) is 25.0 Å². The molecule has 0 aromatic heterocycles. The van der Waals surface area contributed by atoms with Crippen molar-refractivity contribution in [2.75, 3.05) is 13.2 Å². The van der Waals surface area contributed by atoms with Crippen molar-refractivity contribution in [2.24, 2.45) is 0 Å². The van der Waals surface area contributed by atoms with E-state index in [0.717, 1.165) is 30.5 Å². The minimum absolute atomic E-state index is 0.0799. The highest BCUT2D eigenvalue weighted by Gasteiger charge is 2.34. The lowest BCUT2D eigenvalue weighted by Gasteiger charge is -2.38. The number of hydrogen-bond acceptors (Lipinski definition) is 2.